The highest BCUT2D eigenvalue weighted by atomic mass is 127. The molecule has 0 aliphatic heterocycles. The van der Waals surface area contributed by atoms with Crippen LogP contribution in [0.3, 0.4) is 0 Å². The Hall–Kier alpha value is -1.91. The fourth-order valence-electron chi connectivity index (χ4n) is 2.53. The molecule has 153 valence electrons. The summed E-state index contributed by atoms with van der Waals surface area (Å²) in [5.74, 6) is 0. The molecule has 0 aliphatic carbocycles. The summed E-state index contributed by atoms with van der Waals surface area (Å²) in [4.78, 5) is -0.867. The van der Waals surface area contributed by atoms with Crippen LogP contribution in [0.25, 0.3) is 0 Å². The lowest BCUT2D eigenvalue weighted by Crippen LogP contribution is -3.85. The molecule has 0 N–H and O–H groups in total. The Morgan fingerprint density at radius 3 is 1.66 bits per heavy atom. The van der Waals surface area contributed by atoms with Crippen molar-refractivity contribution in [3.8, 4) is 0 Å². The van der Waals surface area contributed by atoms with Crippen molar-refractivity contribution >= 4 is 10.1 Å². The van der Waals surface area contributed by atoms with E-state index in [0.29, 0.717) is 7.14 Å². The largest absolute Gasteiger partial charge is 0.417 e. The minimum atomic E-state index is -4.81. The molecule has 0 amide bonds. The Kier molecular flexibility index (Phi) is 6.35. The van der Waals surface area contributed by atoms with E-state index in [2.05, 4.69) is 0 Å². The van der Waals surface area contributed by atoms with E-state index in [4.69, 9.17) is 2.51 Å². The van der Waals surface area contributed by atoms with Crippen molar-refractivity contribution in [2.75, 3.05) is 0 Å². The lowest BCUT2D eigenvalue weighted by atomic mass is 10.2. The molecule has 3 aromatic carbocycles. The van der Waals surface area contributed by atoms with Crippen LogP contribution in [0.4, 0.5) is 13.2 Å². The van der Waals surface area contributed by atoms with Crippen LogP contribution >= 0.6 is 0 Å². The van der Waals surface area contributed by atoms with Gasteiger partial charge < -0.3 is 0 Å². The van der Waals surface area contributed by atoms with Gasteiger partial charge in [-0.25, -0.2) is 0 Å². The molecule has 0 bridgehead atoms. The van der Waals surface area contributed by atoms with Gasteiger partial charge in [0.05, 0.1) is 5.56 Å². The number of rotatable bonds is 5. The Labute approximate surface area is 175 Å². The van der Waals surface area contributed by atoms with Gasteiger partial charge in [-0.2, -0.15) is 21.6 Å². The quantitative estimate of drug-likeness (QED) is 0.473. The van der Waals surface area contributed by atoms with E-state index in [1.807, 2.05) is 38.1 Å². The van der Waals surface area contributed by atoms with Gasteiger partial charge in [0, 0.05) is 0 Å². The molecular formula is C21H18F3IO3S+. The van der Waals surface area contributed by atoms with E-state index in [9.17, 15) is 21.6 Å². The zero-order valence-corrected chi connectivity index (χ0v) is 18.5. The predicted molar refractivity (Wildman–Crippen MR) is 99.5 cm³/mol. The first-order valence-electron chi connectivity index (χ1n) is 8.52. The molecule has 0 heterocycles. The molecule has 0 aromatic heterocycles. The number of hydrogen-bond acceptors (Lipinski definition) is 3. The molecule has 29 heavy (non-hydrogen) atoms. The third-order valence-electron chi connectivity index (χ3n) is 4.03. The molecule has 0 aliphatic rings. The first kappa shape index (κ1) is 21.8. The minimum absolute atomic E-state index is 0.678. The number of alkyl halides is 3. The lowest BCUT2D eigenvalue weighted by molar-refractivity contribution is -1.03. The second-order valence-electron chi connectivity index (χ2n) is 6.35. The SMILES string of the molecule is Cc1ccc([I+](OS(=O)(=O)c2ccccc2C(F)(F)F)c2ccc(C)cc2)cc1. The van der Waals surface area contributed by atoms with Crippen LogP contribution in [-0.4, -0.2) is 8.42 Å². The summed E-state index contributed by atoms with van der Waals surface area (Å²) in [5.41, 5.74) is 0.737. The zero-order valence-electron chi connectivity index (χ0n) is 15.6. The van der Waals surface area contributed by atoms with Crippen molar-refractivity contribution in [1.29, 1.82) is 0 Å². The van der Waals surface area contributed by atoms with Crippen molar-refractivity contribution < 1.29 is 44.3 Å². The van der Waals surface area contributed by atoms with Crippen molar-refractivity contribution in [2.45, 2.75) is 24.9 Å². The first-order valence-corrected chi connectivity index (χ1v) is 13.0. The lowest BCUT2D eigenvalue weighted by Gasteiger charge is -2.12. The van der Waals surface area contributed by atoms with Gasteiger partial charge >= 0.3 is 36.5 Å². The number of hydrogen-bond donors (Lipinski definition) is 0. The molecule has 0 unspecified atom stereocenters. The Bertz CT molecular complexity index is 1050. The summed E-state index contributed by atoms with van der Waals surface area (Å²) < 4.78 is 72.7. The van der Waals surface area contributed by atoms with Crippen LogP contribution in [0.15, 0.2) is 77.7 Å². The summed E-state index contributed by atoms with van der Waals surface area (Å²) in [6.45, 7) is 3.79. The average molecular weight is 534 g/mol. The summed E-state index contributed by atoms with van der Waals surface area (Å²) in [6.07, 6.45) is -4.81. The number of halogens is 4. The normalized spacial score (nSPS) is 12.3. The van der Waals surface area contributed by atoms with Crippen LogP contribution in [0, 0.1) is 21.0 Å². The van der Waals surface area contributed by atoms with Crippen LogP contribution in [-0.2, 0) is 18.8 Å². The zero-order chi connectivity index (χ0) is 21.2. The van der Waals surface area contributed by atoms with Gasteiger partial charge in [-0.15, -0.1) is 0 Å². The van der Waals surface area contributed by atoms with E-state index in [1.165, 1.54) is 6.07 Å². The molecule has 3 nitrogen and oxygen atoms in total. The van der Waals surface area contributed by atoms with E-state index in [1.54, 1.807) is 24.3 Å². The number of aryl methyl sites for hydroxylation is 2. The Balaban J connectivity index is 2.08. The third kappa shape index (κ3) is 5.18. The summed E-state index contributed by atoms with van der Waals surface area (Å²) in [5, 5.41) is 0. The highest BCUT2D eigenvalue weighted by Crippen LogP contribution is 2.34. The van der Waals surface area contributed by atoms with Gasteiger partial charge in [0.2, 0.25) is 0 Å². The smallest absolute Gasteiger partial charge is 0.190 e. The maximum atomic E-state index is 13.3. The number of benzene rings is 3. The van der Waals surface area contributed by atoms with Gasteiger partial charge in [0.25, 0.3) is 0 Å². The maximum Gasteiger partial charge on any atom is 0.417 e. The highest BCUT2D eigenvalue weighted by Gasteiger charge is 2.42. The second kappa shape index (κ2) is 8.45. The fourth-order valence-corrected chi connectivity index (χ4v) is 9.60. The molecule has 0 saturated heterocycles. The topological polar surface area (TPSA) is 43.4 Å². The van der Waals surface area contributed by atoms with Crippen LogP contribution in [0.2, 0.25) is 0 Å². The molecule has 3 rings (SSSR count). The van der Waals surface area contributed by atoms with Crippen LogP contribution in [0.1, 0.15) is 16.7 Å². The second-order valence-corrected chi connectivity index (χ2v) is 12.8. The Morgan fingerprint density at radius 1 is 0.759 bits per heavy atom. The van der Waals surface area contributed by atoms with Gasteiger partial charge in [0.15, 0.2) is 7.14 Å². The van der Waals surface area contributed by atoms with Crippen LogP contribution < -0.4 is 20.2 Å². The summed E-state index contributed by atoms with van der Waals surface area (Å²) >= 11 is -3.04. The molecule has 8 heteroatoms. The van der Waals surface area contributed by atoms with Gasteiger partial charge in [-0.1, -0.05) is 47.5 Å². The third-order valence-corrected chi connectivity index (χ3v) is 11.4. The molecule has 0 fully saturated rings. The maximum absolute atomic E-state index is 13.3. The van der Waals surface area contributed by atoms with Crippen LogP contribution in [0.5, 0.6) is 0 Å². The molecule has 0 atom stereocenters. The fraction of sp³-hybridized carbons (Fsp3) is 0.143. The van der Waals surface area contributed by atoms with Crippen molar-refractivity contribution in [2.24, 2.45) is 0 Å². The molecule has 3 aromatic rings. The monoisotopic (exact) mass is 534 g/mol. The van der Waals surface area contributed by atoms with E-state index < -0.39 is 47.0 Å². The van der Waals surface area contributed by atoms with Crippen molar-refractivity contribution in [3.63, 3.8) is 0 Å². The molecular weight excluding hydrogens is 516 g/mol. The molecule has 0 saturated carbocycles. The summed E-state index contributed by atoms with van der Waals surface area (Å²) in [7, 11) is -4.64. The first-order chi connectivity index (χ1) is 13.6. The standard InChI is InChI=1S/C21H18F3IO3S/c1-15-7-11-17(12-8-15)25(18-13-9-16(2)10-14-18)28-29(26,27)20-6-4-3-5-19(20)21(22,23)24/h3-14H,1-2H3/q+1. The summed E-state index contributed by atoms with van der Waals surface area (Å²) in [6, 6.07) is 18.5. The van der Waals surface area contributed by atoms with Gasteiger partial charge in [-0.05, 0) is 52.8 Å². The molecule has 1 radical (unpaired) electrons. The highest BCUT2D eigenvalue weighted by molar-refractivity contribution is 7.86. The van der Waals surface area contributed by atoms with Gasteiger partial charge in [0.1, 0.15) is 4.90 Å². The van der Waals surface area contributed by atoms with E-state index in [-0.39, 0.29) is 0 Å². The Morgan fingerprint density at radius 2 is 1.21 bits per heavy atom. The van der Waals surface area contributed by atoms with Gasteiger partial charge in [-0.3, -0.25) is 0 Å². The van der Waals surface area contributed by atoms with E-state index >= 15 is 0 Å². The average Bonchev–Trinajstić information content (AvgIpc) is 2.67. The van der Waals surface area contributed by atoms with Crippen molar-refractivity contribution in [1.82, 2.24) is 0 Å². The minimum Gasteiger partial charge on any atom is -0.190 e. The van der Waals surface area contributed by atoms with E-state index in [0.717, 1.165) is 29.3 Å². The predicted octanol–water partition coefficient (Wildman–Crippen LogP) is 2.31. The molecule has 0 spiro atoms. The van der Waals surface area contributed by atoms with Crippen molar-refractivity contribution in [3.05, 3.63) is 96.6 Å².